The molecule has 1 saturated heterocycles. The molecule has 1 aromatic heterocycles. The lowest BCUT2D eigenvalue weighted by atomic mass is 9.80. The normalized spacial score (nSPS) is 19.1. The number of hydrogen-bond donors (Lipinski definition) is 2. The van der Waals surface area contributed by atoms with Crippen molar-refractivity contribution in [1.29, 1.82) is 0 Å². The van der Waals surface area contributed by atoms with E-state index in [1.165, 1.54) is 16.8 Å². The third-order valence-electron chi connectivity index (χ3n) is 7.10. The Kier molecular flexibility index (Phi) is 7.65. The van der Waals surface area contributed by atoms with Crippen molar-refractivity contribution in [2.75, 3.05) is 33.2 Å². The molecule has 0 unspecified atom stereocenters. The fourth-order valence-electron chi connectivity index (χ4n) is 5.02. The molecule has 0 spiro atoms. The van der Waals surface area contributed by atoms with Crippen LogP contribution in [-0.2, 0) is 15.1 Å². The summed E-state index contributed by atoms with van der Waals surface area (Å²) < 4.78 is 24.9. The Morgan fingerprint density at radius 1 is 0.923 bits per heavy atom. The quantitative estimate of drug-likeness (QED) is 0.318. The smallest absolute Gasteiger partial charge is 0.349 e. The Hall–Kier alpha value is -4.18. The molecule has 202 valence electrons. The van der Waals surface area contributed by atoms with E-state index in [-0.39, 0.29) is 19.0 Å². The van der Waals surface area contributed by atoms with Gasteiger partial charge in [0, 0.05) is 6.20 Å². The molecule has 0 bridgehead atoms. The second-order valence-corrected chi connectivity index (χ2v) is 9.29. The molecule has 3 aromatic carbocycles. The van der Waals surface area contributed by atoms with Crippen molar-refractivity contribution in [2.45, 2.75) is 23.9 Å². The second kappa shape index (κ2) is 11.3. The Labute approximate surface area is 226 Å². The standard InChI is InChI=1S/C30H31N3O6/c1-36-23-12-8-21(9-13-23)30(20-6-4-3-5-7-20,22-10-14-24(37-2)15-11-22)39-19-26-28(34)25(18-38-26)33-17-16-27(31)32-29(33)35/h3-17,25-26,28,34H,18-19H2,1-2H3,(H2,31,32,35)/t25-,26-,28+/m0/s1. The van der Waals surface area contributed by atoms with Crippen LogP contribution in [0, 0.1) is 0 Å². The number of rotatable bonds is 9. The van der Waals surface area contributed by atoms with Gasteiger partial charge >= 0.3 is 5.69 Å². The summed E-state index contributed by atoms with van der Waals surface area (Å²) >= 11 is 0. The number of benzene rings is 3. The van der Waals surface area contributed by atoms with E-state index in [9.17, 15) is 9.90 Å². The van der Waals surface area contributed by atoms with Crippen LogP contribution in [0.2, 0.25) is 0 Å². The molecule has 1 aliphatic rings. The Bertz CT molecular complexity index is 1390. The summed E-state index contributed by atoms with van der Waals surface area (Å²) in [7, 11) is 3.24. The first-order chi connectivity index (χ1) is 19.0. The van der Waals surface area contributed by atoms with Crippen LogP contribution in [0.4, 0.5) is 5.82 Å². The lowest BCUT2D eigenvalue weighted by molar-refractivity contribution is -0.0706. The largest absolute Gasteiger partial charge is 0.497 e. The van der Waals surface area contributed by atoms with Crippen molar-refractivity contribution < 1.29 is 24.1 Å². The van der Waals surface area contributed by atoms with E-state index in [1.807, 2.05) is 78.9 Å². The van der Waals surface area contributed by atoms with Crippen LogP contribution in [0.3, 0.4) is 0 Å². The van der Waals surface area contributed by atoms with Crippen LogP contribution < -0.4 is 20.9 Å². The van der Waals surface area contributed by atoms with Crippen molar-refractivity contribution in [3.05, 3.63) is 118 Å². The number of nitrogens with two attached hydrogens (primary N) is 1. The maximum atomic E-state index is 12.4. The zero-order valence-electron chi connectivity index (χ0n) is 21.8. The Morgan fingerprint density at radius 3 is 2.03 bits per heavy atom. The van der Waals surface area contributed by atoms with Gasteiger partial charge in [0.15, 0.2) is 0 Å². The molecule has 1 aliphatic heterocycles. The number of methoxy groups -OCH3 is 2. The van der Waals surface area contributed by atoms with Crippen LogP contribution >= 0.6 is 0 Å². The highest BCUT2D eigenvalue weighted by atomic mass is 16.6. The van der Waals surface area contributed by atoms with Gasteiger partial charge in [0.2, 0.25) is 0 Å². The fraction of sp³-hybridized carbons (Fsp3) is 0.267. The van der Waals surface area contributed by atoms with Gasteiger partial charge in [0.05, 0.1) is 33.5 Å². The predicted octanol–water partition coefficient (Wildman–Crippen LogP) is 3.15. The molecule has 0 amide bonds. The lowest BCUT2D eigenvalue weighted by Gasteiger charge is -2.37. The van der Waals surface area contributed by atoms with E-state index in [0.29, 0.717) is 0 Å². The highest BCUT2D eigenvalue weighted by molar-refractivity contribution is 5.49. The molecule has 39 heavy (non-hydrogen) atoms. The lowest BCUT2D eigenvalue weighted by Crippen LogP contribution is -2.40. The maximum Gasteiger partial charge on any atom is 0.349 e. The summed E-state index contributed by atoms with van der Waals surface area (Å²) in [6.45, 7) is 0.172. The summed E-state index contributed by atoms with van der Waals surface area (Å²) in [5.41, 5.74) is 6.65. The Balaban J connectivity index is 1.54. The van der Waals surface area contributed by atoms with Crippen molar-refractivity contribution >= 4 is 5.82 Å². The molecule has 0 radical (unpaired) electrons. The van der Waals surface area contributed by atoms with Crippen molar-refractivity contribution in [3.8, 4) is 11.5 Å². The topological polar surface area (TPSA) is 118 Å². The van der Waals surface area contributed by atoms with Crippen molar-refractivity contribution in [3.63, 3.8) is 0 Å². The fourth-order valence-corrected chi connectivity index (χ4v) is 5.02. The zero-order valence-corrected chi connectivity index (χ0v) is 21.8. The second-order valence-electron chi connectivity index (χ2n) is 9.29. The van der Waals surface area contributed by atoms with E-state index in [1.54, 1.807) is 14.2 Å². The molecule has 4 aromatic rings. The summed E-state index contributed by atoms with van der Waals surface area (Å²) in [4.78, 5) is 16.2. The van der Waals surface area contributed by atoms with Gasteiger partial charge in [-0.2, -0.15) is 4.98 Å². The third-order valence-corrected chi connectivity index (χ3v) is 7.10. The van der Waals surface area contributed by atoms with Gasteiger partial charge in [-0.05, 0) is 47.0 Å². The summed E-state index contributed by atoms with van der Waals surface area (Å²) in [5.74, 6) is 1.56. The number of aliphatic hydroxyl groups excluding tert-OH is 1. The molecule has 0 saturated carbocycles. The highest BCUT2D eigenvalue weighted by Gasteiger charge is 2.43. The van der Waals surface area contributed by atoms with Crippen LogP contribution in [0.15, 0.2) is 95.9 Å². The first-order valence-electron chi connectivity index (χ1n) is 12.6. The van der Waals surface area contributed by atoms with Crippen molar-refractivity contribution in [2.24, 2.45) is 0 Å². The number of anilines is 1. The molecule has 1 fully saturated rings. The minimum Gasteiger partial charge on any atom is -0.497 e. The summed E-state index contributed by atoms with van der Waals surface area (Å²) in [6.07, 6.45) is -0.180. The van der Waals surface area contributed by atoms with E-state index in [4.69, 9.17) is 24.7 Å². The van der Waals surface area contributed by atoms with Gasteiger partial charge in [-0.15, -0.1) is 0 Å². The number of nitrogen functional groups attached to an aromatic ring is 1. The van der Waals surface area contributed by atoms with Crippen LogP contribution in [0.5, 0.6) is 11.5 Å². The number of aliphatic hydroxyl groups is 1. The number of hydrogen-bond acceptors (Lipinski definition) is 8. The molecule has 0 aliphatic carbocycles. The molecular formula is C30H31N3O6. The average Bonchev–Trinajstić information content (AvgIpc) is 3.34. The number of nitrogens with zero attached hydrogens (tertiary/aromatic N) is 2. The van der Waals surface area contributed by atoms with E-state index in [0.717, 1.165) is 28.2 Å². The summed E-state index contributed by atoms with van der Waals surface area (Å²) in [5, 5.41) is 11.2. The minimum absolute atomic E-state index is 0.0434. The molecular weight excluding hydrogens is 498 g/mol. The minimum atomic E-state index is -1.05. The van der Waals surface area contributed by atoms with E-state index >= 15 is 0 Å². The van der Waals surface area contributed by atoms with Gasteiger partial charge in [-0.25, -0.2) is 4.79 Å². The SMILES string of the molecule is COc1ccc(C(OC[C@@H]2OC[C@H](n3ccc(N)nc3=O)[C@H]2O)(c2ccccc2)c2ccc(OC)cc2)cc1. The molecule has 9 heteroatoms. The van der Waals surface area contributed by atoms with Gasteiger partial charge < -0.3 is 29.8 Å². The van der Waals surface area contributed by atoms with Crippen LogP contribution in [0.1, 0.15) is 22.7 Å². The third kappa shape index (κ3) is 5.12. The maximum absolute atomic E-state index is 12.4. The summed E-state index contributed by atoms with van der Waals surface area (Å²) in [6, 6.07) is 26.2. The van der Waals surface area contributed by atoms with Gasteiger partial charge in [0.1, 0.15) is 35.1 Å². The van der Waals surface area contributed by atoms with E-state index in [2.05, 4.69) is 4.98 Å². The van der Waals surface area contributed by atoms with Crippen LogP contribution in [-0.4, -0.2) is 54.3 Å². The highest BCUT2D eigenvalue weighted by Crippen LogP contribution is 2.42. The van der Waals surface area contributed by atoms with Gasteiger partial charge in [-0.1, -0.05) is 54.6 Å². The monoisotopic (exact) mass is 529 g/mol. The zero-order chi connectivity index (χ0) is 27.4. The van der Waals surface area contributed by atoms with E-state index < -0.39 is 29.5 Å². The molecule has 5 rings (SSSR count). The predicted molar refractivity (Wildman–Crippen MR) is 146 cm³/mol. The number of ether oxygens (including phenoxy) is 4. The van der Waals surface area contributed by atoms with Crippen molar-refractivity contribution in [1.82, 2.24) is 9.55 Å². The Morgan fingerprint density at radius 2 is 1.49 bits per heavy atom. The molecule has 2 heterocycles. The first kappa shape index (κ1) is 26.4. The molecule has 3 atom stereocenters. The number of aromatic nitrogens is 2. The average molecular weight is 530 g/mol. The van der Waals surface area contributed by atoms with Gasteiger partial charge in [0.25, 0.3) is 0 Å². The molecule has 3 N–H and O–H groups in total. The van der Waals surface area contributed by atoms with Crippen LogP contribution in [0.25, 0.3) is 0 Å². The van der Waals surface area contributed by atoms with Gasteiger partial charge in [-0.3, -0.25) is 4.57 Å². The first-order valence-corrected chi connectivity index (χ1v) is 12.6. The molecule has 9 nitrogen and oxygen atoms in total.